The van der Waals surface area contributed by atoms with Crippen LogP contribution in [0.5, 0.6) is 0 Å². The number of rotatable bonds is 4. The zero-order valence-electron chi connectivity index (χ0n) is 12.2. The van der Waals surface area contributed by atoms with Crippen molar-refractivity contribution in [1.29, 1.82) is 0 Å². The van der Waals surface area contributed by atoms with Crippen LogP contribution in [0.3, 0.4) is 0 Å². The van der Waals surface area contributed by atoms with E-state index in [1.807, 2.05) is 4.90 Å². The van der Waals surface area contributed by atoms with Crippen molar-refractivity contribution in [2.45, 2.75) is 25.7 Å². The Hall–Kier alpha value is -2.44. The molecule has 1 aromatic carbocycles. The molecule has 0 saturated carbocycles. The van der Waals surface area contributed by atoms with Crippen LogP contribution < -0.4 is 0 Å². The van der Waals surface area contributed by atoms with Crippen LogP contribution in [0.25, 0.3) is 11.0 Å². The summed E-state index contributed by atoms with van der Waals surface area (Å²) in [5.41, 5.74) is 2.00. The molecule has 3 rings (SSSR count). The van der Waals surface area contributed by atoms with Crippen molar-refractivity contribution in [3.8, 4) is 0 Å². The summed E-state index contributed by atoms with van der Waals surface area (Å²) in [6, 6.07) is 5.27. The Kier molecular flexibility index (Phi) is 4.04. The van der Waals surface area contributed by atoms with Crippen molar-refractivity contribution in [3.05, 3.63) is 23.8 Å². The number of carboxylic acids is 1. The van der Waals surface area contributed by atoms with Gasteiger partial charge in [0.2, 0.25) is 0 Å². The lowest BCUT2D eigenvalue weighted by atomic mass is 9.93. The lowest BCUT2D eigenvalue weighted by Gasteiger charge is -2.32. The minimum absolute atomic E-state index is 0.0232. The number of piperidine rings is 1. The molecule has 116 valence electrons. The van der Waals surface area contributed by atoms with Crippen LogP contribution in [-0.2, 0) is 4.79 Å². The fraction of sp³-hybridized carbons (Fsp3) is 0.467. The summed E-state index contributed by atoms with van der Waals surface area (Å²) in [4.78, 5) is 25.1. The number of aromatic nitrogens is 3. The molecule has 7 heteroatoms. The van der Waals surface area contributed by atoms with E-state index in [0.717, 1.165) is 24.9 Å². The third-order valence-electron chi connectivity index (χ3n) is 4.14. The van der Waals surface area contributed by atoms with Crippen LogP contribution in [0.1, 0.15) is 36.0 Å². The second-order valence-electron chi connectivity index (χ2n) is 5.72. The second-order valence-corrected chi connectivity index (χ2v) is 5.72. The number of carbonyl (C=O) groups excluding carboxylic acids is 1. The van der Waals surface area contributed by atoms with Gasteiger partial charge in [0.1, 0.15) is 11.0 Å². The SMILES string of the molecule is O=C(O)CC[C@H]1CCCN(C(=O)c2ccc3n[nH]nc3c2)C1. The Morgan fingerprint density at radius 1 is 1.32 bits per heavy atom. The van der Waals surface area contributed by atoms with Gasteiger partial charge in [0.15, 0.2) is 0 Å². The van der Waals surface area contributed by atoms with Crippen LogP contribution in [0, 0.1) is 5.92 Å². The maximum atomic E-state index is 12.6. The molecule has 1 atom stereocenters. The molecular weight excluding hydrogens is 284 g/mol. The summed E-state index contributed by atoms with van der Waals surface area (Å²) in [6.45, 7) is 1.35. The Morgan fingerprint density at radius 2 is 2.14 bits per heavy atom. The van der Waals surface area contributed by atoms with Gasteiger partial charge in [0, 0.05) is 25.1 Å². The number of likely N-dealkylation sites (tertiary alicyclic amines) is 1. The molecule has 1 saturated heterocycles. The number of aliphatic carboxylic acids is 1. The predicted molar refractivity (Wildman–Crippen MR) is 79.4 cm³/mol. The fourth-order valence-corrected chi connectivity index (χ4v) is 2.97. The number of nitrogens with one attached hydrogen (secondary N) is 1. The first-order chi connectivity index (χ1) is 10.6. The molecule has 7 nitrogen and oxygen atoms in total. The lowest BCUT2D eigenvalue weighted by Crippen LogP contribution is -2.40. The number of carbonyl (C=O) groups is 2. The quantitative estimate of drug-likeness (QED) is 0.895. The van der Waals surface area contributed by atoms with Gasteiger partial charge in [-0.3, -0.25) is 9.59 Å². The van der Waals surface area contributed by atoms with E-state index in [1.165, 1.54) is 0 Å². The van der Waals surface area contributed by atoms with Crippen molar-refractivity contribution >= 4 is 22.9 Å². The van der Waals surface area contributed by atoms with Gasteiger partial charge in [0.05, 0.1) is 0 Å². The van der Waals surface area contributed by atoms with Gasteiger partial charge < -0.3 is 10.0 Å². The van der Waals surface area contributed by atoms with Crippen LogP contribution in [0.2, 0.25) is 0 Å². The van der Waals surface area contributed by atoms with E-state index in [-0.39, 0.29) is 18.2 Å². The summed E-state index contributed by atoms with van der Waals surface area (Å²) in [5, 5.41) is 19.3. The molecule has 0 spiro atoms. The first-order valence-corrected chi connectivity index (χ1v) is 7.45. The molecular formula is C15H18N4O3. The molecule has 1 aliphatic rings. The number of hydrogen-bond acceptors (Lipinski definition) is 4. The predicted octanol–water partition coefficient (Wildman–Crippen LogP) is 1.67. The molecule has 22 heavy (non-hydrogen) atoms. The van der Waals surface area contributed by atoms with E-state index in [2.05, 4.69) is 15.4 Å². The highest BCUT2D eigenvalue weighted by atomic mass is 16.4. The normalized spacial score (nSPS) is 18.5. The minimum atomic E-state index is -0.778. The van der Waals surface area contributed by atoms with Crippen LogP contribution >= 0.6 is 0 Å². The van der Waals surface area contributed by atoms with Crippen molar-refractivity contribution in [2.24, 2.45) is 5.92 Å². The Labute approximate surface area is 127 Å². The van der Waals surface area contributed by atoms with Crippen LogP contribution in [-0.4, -0.2) is 50.4 Å². The standard InChI is InChI=1S/C15H18N4O3/c20-14(21)6-3-10-2-1-7-19(9-10)15(22)11-4-5-12-13(8-11)17-18-16-12/h4-5,8,10H,1-3,6-7,9H2,(H,20,21)(H,16,17,18)/t10-/m1/s1. The Bertz CT molecular complexity index is 697. The second kappa shape index (κ2) is 6.13. The number of aromatic amines is 1. The van der Waals surface area contributed by atoms with Gasteiger partial charge in [-0.15, -0.1) is 0 Å². The third kappa shape index (κ3) is 3.08. The van der Waals surface area contributed by atoms with Crippen molar-refractivity contribution < 1.29 is 14.7 Å². The maximum Gasteiger partial charge on any atom is 0.303 e. The van der Waals surface area contributed by atoms with E-state index in [0.29, 0.717) is 24.0 Å². The van der Waals surface area contributed by atoms with Crippen LogP contribution in [0.4, 0.5) is 0 Å². The van der Waals surface area contributed by atoms with Crippen molar-refractivity contribution in [2.75, 3.05) is 13.1 Å². The topological polar surface area (TPSA) is 99.2 Å². The summed E-state index contributed by atoms with van der Waals surface area (Å²) < 4.78 is 0. The zero-order valence-corrected chi connectivity index (χ0v) is 12.2. The Balaban J connectivity index is 1.69. The Morgan fingerprint density at radius 3 is 2.95 bits per heavy atom. The molecule has 1 aliphatic heterocycles. The number of hydrogen-bond donors (Lipinski definition) is 2. The van der Waals surface area contributed by atoms with E-state index in [4.69, 9.17) is 5.11 Å². The minimum Gasteiger partial charge on any atom is -0.481 e. The van der Waals surface area contributed by atoms with Crippen molar-refractivity contribution in [3.63, 3.8) is 0 Å². The van der Waals surface area contributed by atoms with E-state index in [1.54, 1.807) is 18.2 Å². The monoisotopic (exact) mass is 302 g/mol. The number of H-pyrrole nitrogens is 1. The molecule has 2 aromatic rings. The summed E-state index contributed by atoms with van der Waals surface area (Å²) in [6.07, 6.45) is 2.70. The average Bonchev–Trinajstić information content (AvgIpc) is 3.00. The molecule has 1 fully saturated rings. The van der Waals surface area contributed by atoms with Gasteiger partial charge in [-0.05, 0) is 43.4 Å². The molecule has 0 radical (unpaired) electrons. The zero-order chi connectivity index (χ0) is 15.5. The first-order valence-electron chi connectivity index (χ1n) is 7.45. The molecule has 2 heterocycles. The molecule has 1 aromatic heterocycles. The summed E-state index contributed by atoms with van der Waals surface area (Å²) in [7, 11) is 0. The molecule has 0 bridgehead atoms. The number of carboxylic acid groups (broad SMARTS) is 1. The fourth-order valence-electron chi connectivity index (χ4n) is 2.97. The van der Waals surface area contributed by atoms with E-state index < -0.39 is 5.97 Å². The molecule has 0 unspecified atom stereocenters. The highest BCUT2D eigenvalue weighted by Crippen LogP contribution is 2.23. The first kappa shape index (κ1) is 14.5. The largest absolute Gasteiger partial charge is 0.481 e. The summed E-state index contributed by atoms with van der Waals surface area (Å²) >= 11 is 0. The van der Waals surface area contributed by atoms with Gasteiger partial charge in [-0.1, -0.05) is 0 Å². The van der Waals surface area contributed by atoms with Crippen molar-refractivity contribution in [1.82, 2.24) is 20.3 Å². The molecule has 0 aliphatic carbocycles. The van der Waals surface area contributed by atoms with E-state index in [9.17, 15) is 9.59 Å². The average molecular weight is 302 g/mol. The van der Waals surface area contributed by atoms with E-state index >= 15 is 0 Å². The highest BCUT2D eigenvalue weighted by Gasteiger charge is 2.25. The summed E-state index contributed by atoms with van der Waals surface area (Å²) in [5.74, 6) is -0.533. The third-order valence-corrected chi connectivity index (χ3v) is 4.14. The number of amides is 1. The number of nitrogens with zero attached hydrogens (tertiary/aromatic N) is 3. The van der Waals surface area contributed by atoms with Crippen LogP contribution in [0.15, 0.2) is 18.2 Å². The van der Waals surface area contributed by atoms with Gasteiger partial charge in [-0.25, -0.2) is 0 Å². The molecule has 2 N–H and O–H groups in total. The maximum absolute atomic E-state index is 12.6. The smallest absolute Gasteiger partial charge is 0.303 e. The lowest BCUT2D eigenvalue weighted by molar-refractivity contribution is -0.137. The van der Waals surface area contributed by atoms with Gasteiger partial charge >= 0.3 is 5.97 Å². The molecule has 1 amide bonds. The number of benzene rings is 1. The van der Waals surface area contributed by atoms with Gasteiger partial charge in [0.25, 0.3) is 5.91 Å². The highest BCUT2D eigenvalue weighted by molar-refractivity contribution is 5.97. The number of fused-ring (bicyclic) bond motifs is 1. The van der Waals surface area contributed by atoms with Gasteiger partial charge in [-0.2, -0.15) is 15.4 Å².